The third-order valence-electron chi connectivity index (χ3n) is 11.6. The molecule has 0 unspecified atom stereocenters. The minimum absolute atomic E-state index is 0.0493. The van der Waals surface area contributed by atoms with Crippen molar-refractivity contribution in [2.45, 2.75) is 26.2 Å². The Morgan fingerprint density at radius 2 is 0.789 bits per heavy atom. The Morgan fingerprint density at radius 3 is 1.30 bits per heavy atom. The summed E-state index contributed by atoms with van der Waals surface area (Å²) in [5.74, 6) is 0. The highest BCUT2D eigenvalue weighted by atomic mass is 16.3. The Hall–Kier alpha value is -7.10. The van der Waals surface area contributed by atoms with E-state index in [-0.39, 0.29) is 5.41 Å². The van der Waals surface area contributed by atoms with Crippen molar-refractivity contribution in [2.24, 2.45) is 0 Å². The van der Waals surface area contributed by atoms with Gasteiger partial charge in [-0.15, -0.1) is 0 Å². The molecule has 3 nitrogen and oxygen atoms in total. The molecule has 1 aromatic heterocycles. The summed E-state index contributed by atoms with van der Waals surface area (Å²) in [4.78, 5) is 4.67. The summed E-state index contributed by atoms with van der Waals surface area (Å²) in [6, 6.07) is 68.1. The summed E-state index contributed by atoms with van der Waals surface area (Å²) < 4.78 is 6.89. The topological polar surface area (TPSA) is 19.6 Å². The first-order valence-electron chi connectivity index (χ1n) is 19.8. The molecule has 10 aromatic rings. The van der Waals surface area contributed by atoms with Gasteiger partial charge in [0.2, 0.25) is 0 Å². The standard InChI is InChI=1S/C54H40N2O/c1-54(2,3)50-23-13-21-44-45-22-14-24-51(53(45)57-52(44)50)56(41-19-11-6-12-20-41)43-28-26-36-32-47-48-33-37-29-42(27-25-35(37)31-46(48)49(47)34-38(36)30-43)55(39-15-7-4-8-16-39)40-17-9-5-10-18-40/h4-34H,1-3H3. The Morgan fingerprint density at radius 1 is 0.351 bits per heavy atom. The van der Waals surface area contributed by atoms with E-state index in [1.807, 2.05) is 0 Å². The number of furan rings is 1. The summed E-state index contributed by atoms with van der Waals surface area (Å²) in [6.07, 6.45) is 0. The van der Waals surface area contributed by atoms with E-state index in [0.29, 0.717) is 0 Å². The lowest BCUT2D eigenvalue weighted by Crippen LogP contribution is -2.11. The van der Waals surface area contributed by atoms with Crippen molar-refractivity contribution in [1.82, 2.24) is 0 Å². The van der Waals surface area contributed by atoms with Crippen LogP contribution in [0.3, 0.4) is 0 Å². The molecule has 9 aromatic carbocycles. The minimum Gasteiger partial charge on any atom is -0.454 e. The molecular formula is C54H40N2O. The molecule has 1 aliphatic rings. The second-order valence-electron chi connectivity index (χ2n) is 16.2. The van der Waals surface area contributed by atoms with Crippen molar-refractivity contribution < 1.29 is 4.42 Å². The number of hydrogen-bond donors (Lipinski definition) is 0. The van der Waals surface area contributed by atoms with E-state index in [1.54, 1.807) is 0 Å². The molecule has 0 atom stereocenters. The van der Waals surface area contributed by atoms with Crippen molar-refractivity contribution >= 4 is 77.6 Å². The predicted octanol–water partition coefficient (Wildman–Crippen LogP) is 15.8. The van der Waals surface area contributed by atoms with Gasteiger partial charge >= 0.3 is 0 Å². The number of hydrogen-bond acceptors (Lipinski definition) is 3. The van der Waals surface area contributed by atoms with E-state index in [9.17, 15) is 0 Å². The van der Waals surface area contributed by atoms with Crippen LogP contribution in [0.2, 0.25) is 0 Å². The molecule has 0 spiro atoms. The second kappa shape index (κ2) is 12.7. The number of rotatable bonds is 6. The van der Waals surface area contributed by atoms with Crippen LogP contribution in [0.4, 0.5) is 34.1 Å². The van der Waals surface area contributed by atoms with Crippen LogP contribution in [-0.2, 0) is 5.41 Å². The van der Waals surface area contributed by atoms with E-state index >= 15 is 0 Å². The molecule has 0 bridgehead atoms. The number of fused-ring (bicyclic) bond motifs is 9. The average molecular weight is 733 g/mol. The minimum atomic E-state index is -0.0493. The van der Waals surface area contributed by atoms with Gasteiger partial charge in [0.25, 0.3) is 0 Å². The van der Waals surface area contributed by atoms with Gasteiger partial charge < -0.3 is 14.2 Å². The maximum atomic E-state index is 6.89. The van der Waals surface area contributed by atoms with Crippen LogP contribution >= 0.6 is 0 Å². The molecule has 0 N–H and O–H groups in total. The van der Waals surface area contributed by atoms with Crippen molar-refractivity contribution in [3.05, 3.63) is 194 Å². The van der Waals surface area contributed by atoms with Crippen LogP contribution in [0.1, 0.15) is 26.3 Å². The van der Waals surface area contributed by atoms with Gasteiger partial charge in [-0.25, -0.2) is 0 Å². The highest BCUT2D eigenvalue weighted by molar-refractivity contribution is 6.14. The van der Waals surface area contributed by atoms with Crippen LogP contribution in [0.25, 0.3) is 65.7 Å². The maximum absolute atomic E-state index is 6.89. The molecule has 3 heteroatoms. The molecule has 0 aliphatic heterocycles. The van der Waals surface area contributed by atoms with Crippen molar-refractivity contribution in [1.29, 1.82) is 0 Å². The lowest BCUT2D eigenvalue weighted by molar-refractivity contribution is 0.573. The van der Waals surface area contributed by atoms with Gasteiger partial charge in [-0.3, -0.25) is 0 Å². The largest absolute Gasteiger partial charge is 0.454 e. The third-order valence-corrected chi connectivity index (χ3v) is 11.6. The summed E-state index contributed by atoms with van der Waals surface area (Å²) in [7, 11) is 0. The van der Waals surface area contributed by atoms with Gasteiger partial charge in [0.05, 0.1) is 5.69 Å². The lowest BCUT2D eigenvalue weighted by Gasteiger charge is -2.28. The lowest BCUT2D eigenvalue weighted by atomic mass is 9.78. The van der Waals surface area contributed by atoms with Crippen LogP contribution in [-0.4, -0.2) is 0 Å². The third kappa shape index (κ3) is 5.42. The van der Waals surface area contributed by atoms with E-state index in [4.69, 9.17) is 4.42 Å². The predicted molar refractivity (Wildman–Crippen MR) is 241 cm³/mol. The van der Waals surface area contributed by atoms with Crippen molar-refractivity contribution in [3.8, 4) is 22.3 Å². The highest BCUT2D eigenvalue weighted by Crippen LogP contribution is 2.52. The summed E-state index contributed by atoms with van der Waals surface area (Å²) in [5, 5.41) is 7.18. The molecule has 11 rings (SSSR count). The molecule has 0 saturated carbocycles. The summed E-state index contributed by atoms with van der Waals surface area (Å²) >= 11 is 0. The number of benzene rings is 9. The van der Waals surface area contributed by atoms with E-state index in [0.717, 1.165) is 56.1 Å². The average Bonchev–Trinajstić information content (AvgIpc) is 3.63. The van der Waals surface area contributed by atoms with Crippen LogP contribution < -0.4 is 9.80 Å². The number of nitrogens with zero attached hydrogens (tertiary/aromatic N) is 2. The van der Waals surface area contributed by atoms with Crippen molar-refractivity contribution in [3.63, 3.8) is 0 Å². The van der Waals surface area contributed by atoms with Crippen LogP contribution in [0.5, 0.6) is 0 Å². The fraction of sp³-hybridized carbons (Fsp3) is 0.0741. The molecule has 0 saturated heterocycles. The van der Waals surface area contributed by atoms with Crippen LogP contribution in [0.15, 0.2) is 192 Å². The maximum Gasteiger partial charge on any atom is 0.159 e. The quantitative estimate of drug-likeness (QED) is 0.170. The van der Waals surface area contributed by atoms with E-state index < -0.39 is 0 Å². The van der Waals surface area contributed by atoms with Crippen molar-refractivity contribution in [2.75, 3.05) is 9.80 Å². The first kappa shape index (κ1) is 33.3. The monoisotopic (exact) mass is 732 g/mol. The van der Waals surface area contributed by atoms with Crippen LogP contribution in [0, 0.1) is 0 Å². The van der Waals surface area contributed by atoms with Gasteiger partial charge in [0, 0.05) is 44.8 Å². The summed E-state index contributed by atoms with van der Waals surface area (Å²) in [5.41, 5.74) is 14.9. The first-order chi connectivity index (χ1) is 27.9. The fourth-order valence-corrected chi connectivity index (χ4v) is 8.85. The highest BCUT2D eigenvalue weighted by Gasteiger charge is 2.26. The smallest absolute Gasteiger partial charge is 0.159 e. The Labute approximate surface area is 332 Å². The van der Waals surface area contributed by atoms with E-state index in [2.05, 4.69) is 219 Å². The normalized spacial score (nSPS) is 12.1. The molecule has 1 aliphatic carbocycles. The van der Waals surface area contributed by atoms with Gasteiger partial charge in [0.15, 0.2) is 5.58 Å². The SMILES string of the molecule is CC(C)(C)c1cccc2c1oc1c(N(c3ccccc3)c3ccc4cc5c(cc4c3)-c3cc4ccc(N(c6ccccc6)c6ccccc6)cc4cc3-5)cccc12. The van der Waals surface area contributed by atoms with Gasteiger partial charge in [-0.1, -0.05) is 118 Å². The second-order valence-corrected chi connectivity index (χ2v) is 16.2. The number of para-hydroxylation sites is 5. The molecule has 0 fully saturated rings. The number of anilines is 6. The zero-order valence-corrected chi connectivity index (χ0v) is 32.2. The molecule has 57 heavy (non-hydrogen) atoms. The first-order valence-corrected chi connectivity index (χ1v) is 19.8. The molecule has 1 heterocycles. The van der Waals surface area contributed by atoms with Gasteiger partial charge in [-0.2, -0.15) is 0 Å². The summed E-state index contributed by atoms with van der Waals surface area (Å²) in [6.45, 7) is 6.75. The molecule has 272 valence electrons. The van der Waals surface area contributed by atoms with Gasteiger partial charge in [-0.05, 0) is 140 Å². The Kier molecular flexibility index (Phi) is 7.42. The van der Waals surface area contributed by atoms with E-state index in [1.165, 1.54) is 49.4 Å². The Bertz CT molecular complexity index is 3120. The zero-order valence-electron chi connectivity index (χ0n) is 32.2. The Balaban J connectivity index is 1.01. The molecule has 0 radical (unpaired) electrons. The van der Waals surface area contributed by atoms with Gasteiger partial charge in [0.1, 0.15) is 5.58 Å². The zero-order chi connectivity index (χ0) is 38.3. The molecular weight excluding hydrogens is 693 g/mol. The molecule has 0 amide bonds. The fourth-order valence-electron chi connectivity index (χ4n) is 8.85.